The molecular weight excluding hydrogens is 412 g/mol. The van der Waals surface area contributed by atoms with E-state index in [0.717, 1.165) is 15.6 Å². The quantitative estimate of drug-likeness (QED) is 0.443. The van der Waals surface area contributed by atoms with Gasteiger partial charge in [-0.2, -0.15) is 0 Å². The number of ketones is 1. The average Bonchev–Trinajstić information content (AvgIpc) is 3.10. The fourth-order valence-corrected chi connectivity index (χ4v) is 3.96. The molecule has 2 aromatic carbocycles. The van der Waals surface area contributed by atoms with Crippen molar-refractivity contribution in [3.63, 3.8) is 0 Å². The summed E-state index contributed by atoms with van der Waals surface area (Å²) in [6.07, 6.45) is 1.45. The Kier molecular flexibility index (Phi) is 4.53. The second kappa shape index (κ2) is 6.97. The van der Waals surface area contributed by atoms with Gasteiger partial charge >= 0.3 is 0 Å². The summed E-state index contributed by atoms with van der Waals surface area (Å²) in [4.78, 5) is 30.5. The minimum atomic E-state index is -0.196. The summed E-state index contributed by atoms with van der Waals surface area (Å²) in [7, 11) is 0. The van der Waals surface area contributed by atoms with E-state index in [9.17, 15) is 9.59 Å². The molecule has 0 radical (unpaired) electrons. The summed E-state index contributed by atoms with van der Waals surface area (Å²) in [6, 6.07) is 16.7. The van der Waals surface area contributed by atoms with Crippen LogP contribution in [0.2, 0.25) is 0 Å². The molecule has 2 aromatic heterocycles. The van der Waals surface area contributed by atoms with Crippen molar-refractivity contribution in [1.82, 2.24) is 9.55 Å². The van der Waals surface area contributed by atoms with Crippen LogP contribution in [0.15, 0.2) is 75.6 Å². The Balaban J connectivity index is 1.77. The van der Waals surface area contributed by atoms with E-state index in [1.54, 1.807) is 12.1 Å². The Bertz CT molecular complexity index is 1150. The zero-order chi connectivity index (χ0) is 18.1. The maximum Gasteiger partial charge on any atom is 0.263 e. The third kappa shape index (κ3) is 3.13. The Morgan fingerprint density at radius 2 is 1.81 bits per heavy atom. The minimum Gasteiger partial charge on any atom is -0.292 e. The van der Waals surface area contributed by atoms with Crippen LogP contribution >= 0.6 is 27.3 Å². The minimum absolute atomic E-state index is 0.0264. The lowest BCUT2D eigenvalue weighted by atomic mass is 10.1. The molecule has 0 spiro atoms. The highest BCUT2D eigenvalue weighted by molar-refractivity contribution is 9.10. The number of rotatable bonds is 4. The molecule has 0 unspecified atom stereocenters. The summed E-state index contributed by atoms with van der Waals surface area (Å²) in [6.45, 7) is -0.0264. The van der Waals surface area contributed by atoms with Gasteiger partial charge in [-0.25, -0.2) is 4.98 Å². The van der Waals surface area contributed by atoms with Gasteiger partial charge in [0.1, 0.15) is 4.83 Å². The molecule has 0 aliphatic heterocycles. The monoisotopic (exact) mass is 424 g/mol. The zero-order valence-electron chi connectivity index (χ0n) is 13.6. The van der Waals surface area contributed by atoms with Gasteiger partial charge in [0.15, 0.2) is 5.78 Å². The molecular formula is C20H13BrN2O2S. The van der Waals surface area contributed by atoms with Crippen LogP contribution in [0.1, 0.15) is 10.4 Å². The van der Waals surface area contributed by atoms with Crippen LogP contribution in [0.3, 0.4) is 0 Å². The molecule has 0 saturated carbocycles. The number of thiophene rings is 1. The lowest BCUT2D eigenvalue weighted by molar-refractivity contribution is 0.0970. The highest BCUT2D eigenvalue weighted by Crippen LogP contribution is 2.31. The highest BCUT2D eigenvalue weighted by atomic mass is 79.9. The smallest absolute Gasteiger partial charge is 0.263 e. The number of aromatic nitrogens is 2. The topological polar surface area (TPSA) is 52.0 Å². The standard InChI is InChI=1S/C20H13BrN2O2S/c21-15-8-6-13(7-9-15)16-11-26-19-18(16)20(25)23(12-22-19)10-17(24)14-4-2-1-3-5-14/h1-9,11-12H,10H2. The maximum absolute atomic E-state index is 13.0. The van der Waals surface area contributed by atoms with E-state index in [4.69, 9.17) is 0 Å². The molecule has 2 heterocycles. The van der Waals surface area contributed by atoms with Gasteiger partial charge in [-0.3, -0.25) is 14.2 Å². The second-order valence-electron chi connectivity index (χ2n) is 5.80. The highest BCUT2D eigenvalue weighted by Gasteiger charge is 2.15. The van der Waals surface area contributed by atoms with Crippen LogP contribution in [0, 0.1) is 0 Å². The zero-order valence-corrected chi connectivity index (χ0v) is 16.0. The normalized spacial score (nSPS) is 11.0. The van der Waals surface area contributed by atoms with Crippen LogP contribution in [0.25, 0.3) is 21.3 Å². The second-order valence-corrected chi connectivity index (χ2v) is 7.58. The number of hydrogen-bond acceptors (Lipinski definition) is 4. The number of nitrogens with zero attached hydrogens (tertiary/aromatic N) is 2. The molecule has 128 valence electrons. The molecule has 0 aliphatic rings. The lowest BCUT2D eigenvalue weighted by Gasteiger charge is -2.06. The predicted octanol–water partition coefficient (Wildman–Crippen LogP) is 4.77. The number of carbonyl (C=O) groups excluding carboxylic acids is 1. The molecule has 6 heteroatoms. The summed E-state index contributed by atoms with van der Waals surface area (Å²) in [5.41, 5.74) is 2.18. The molecule has 26 heavy (non-hydrogen) atoms. The number of fused-ring (bicyclic) bond motifs is 1. The Labute approximate surface area is 161 Å². The van der Waals surface area contributed by atoms with E-state index in [1.807, 2.05) is 47.8 Å². The first kappa shape index (κ1) is 16.9. The van der Waals surface area contributed by atoms with E-state index in [0.29, 0.717) is 15.8 Å². The first-order valence-electron chi connectivity index (χ1n) is 7.94. The Morgan fingerprint density at radius 3 is 2.54 bits per heavy atom. The van der Waals surface area contributed by atoms with Gasteiger partial charge in [0.2, 0.25) is 0 Å². The van der Waals surface area contributed by atoms with Crippen LogP contribution in [-0.2, 0) is 6.54 Å². The summed E-state index contributed by atoms with van der Waals surface area (Å²) < 4.78 is 2.36. The molecule has 0 atom stereocenters. The molecule has 4 nitrogen and oxygen atoms in total. The van der Waals surface area contributed by atoms with Crippen molar-refractivity contribution >= 4 is 43.3 Å². The Morgan fingerprint density at radius 1 is 1.08 bits per heavy atom. The molecule has 0 N–H and O–H groups in total. The van der Waals surface area contributed by atoms with Gasteiger partial charge < -0.3 is 0 Å². The van der Waals surface area contributed by atoms with Crippen molar-refractivity contribution < 1.29 is 4.79 Å². The Hall–Kier alpha value is -2.57. The molecule has 4 rings (SSSR count). The fraction of sp³-hybridized carbons (Fsp3) is 0.0500. The van der Waals surface area contributed by atoms with E-state index in [-0.39, 0.29) is 17.9 Å². The molecule has 0 fully saturated rings. The number of halogens is 1. The maximum atomic E-state index is 13.0. The van der Waals surface area contributed by atoms with Crippen LogP contribution < -0.4 is 5.56 Å². The molecule has 4 aromatic rings. The van der Waals surface area contributed by atoms with Crippen LogP contribution in [-0.4, -0.2) is 15.3 Å². The van der Waals surface area contributed by atoms with E-state index in [2.05, 4.69) is 20.9 Å². The van der Waals surface area contributed by atoms with E-state index >= 15 is 0 Å². The van der Waals surface area contributed by atoms with Crippen LogP contribution in [0.4, 0.5) is 0 Å². The van der Waals surface area contributed by atoms with E-state index < -0.39 is 0 Å². The van der Waals surface area contributed by atoms with Gasteiger partial charge in [0, 0.05) is 21.0 Å². The van der Waals surface area contributed by atoms with Crippen LogP contribution in [0.5, 0.6) is 0 Å². The molecule has 0 bridgehead atoms. The summed E-state index contributed by atoms with van der Waals surface area (Å²) in [5.74, 6) is -0.116. The van der Waals surface area contributed by atoms with Crippen molar-refractivity contribution in [2.24, 2.45) is 0 Å². The van der Waals surface area contributed by atoms with Gasteiger partial charge in [0.05, 0.1) is 18.3 Å². The summed E-state index contributed by atoms with van der Waals surface area (Å²) in [5, 5.41) is 2.49. The van der Waals surface area contributed by atoms with Crippen molar-refractivity contribution in [2.75, 3.05) is 0 Å². The van der Waals surface area contributed by atoms with Gasteiger partial charge in [-0.15, -0.1) is 11.3 Å². The third-order valence-corrected chi connectivity index (χ3v) is 5.54. The molecule has 0 aliphatic carbocycles. The van der Waals surface area contributed by atoms with Gasteiger partial charge in [0.25, 0.3) is 5.56 Å². The third-order valence-electron chi connectivity index (χ3n) is 4.13. The lowest BCUT2D eigenvalue weighted by Crippen LogP contribution is -2.24. The van der Waals surface area contributed by atoms with Gasteiger partial charge in [-0.05, 0) is 17.7 Å². The number of Topliss-reactive ketones (excluding diaryl/α,β-unsaturated/α-hetero) is 1. The number of benzene rings is 2. The van der Waals surface area contributed by atoms with Crippen molar-refractivity contribution in [3.8, 4) is 11.1 Å². The predicted molar refractivity (Wildman–Crippen MR) is 108 cm³/mol. The summed E-state index contributed by atoms with van der Waals surface area (Å²) >= 11 is 4.85. The van der Waals surface area contributed by atoms with Crippen molar-refractivity contribution in [1.29, 1.82) is 0 Å². The average molecular weight is 425 g/mol. The SMILES string of the molecule is O=C(Cn1cnc2scc(-c3ccc(Br)cc3)c2c1=O)c1ccccc1. The van der Waals surface area contributed by atoms with Gasteiger partial charge in [-0.1, -0.05) is 58.4 Å². The van der Waals surface area contributed by atoms with Crippen molar-refractivity contribution in [2.45, 2.75) is 6.54 Å². The molecule has 0 amide bonds. The largest absolute Gasteiger partial charge is 0.292 e. The van der Waals surface area contributed by atoms with Crippen molar-refractivity contribution in [3.05, 3.63) is 86.7 Å². The fourth-order valence-electron chi connectivity index (χ4n) is 2.79. The first-order chi connectivity index (χ1) is 12.6. The number of carbonyl (C=O) groups is 1. The first-order valence-corrected chi connectivity index (χ1v) is 9.61. The number of hydrogen-bond donors (Lipinski definition) is 0. The molecule has 0 saturated heterocycles. The van der Waals surface area contributed by atoms with E-state index in [1.165, 1.54) is 22.2 Å².